The molecule has 0 saturated carbocycles. The van der Waals surface area contributed by atoms with Gasteiger partial charge in [0.25, 0.3) is 0 Å². The van der Waals surface area contributed by atoms with Gasteiger partial charge in [-0.1, -0.05) is 12.2 Å². The molecule has 1 fully saturated rings. The highest BCUT2D eigenvalue weighted by Gasteiger charge is 2.14. The highest BCUT2D eigenvalue weighted by Crippen LogP contribution is 2.07. The molecular weight excluding hydrogens is 184 g/mol. The van der Waals surface area contributed by atoms with Crippen LogP contribution in [0.1, 0.15) is 12.8 Å². The molecule has 1 heterocycles. The number of alkyl halides is 1. The topological polar surface area (TPSA) is 15.3 Å². The largest absolute Gasteiger partial charge is 0.310 e. The average Bonchev–Trinajstić information content (AvgIpc) is 2.15. The zero-order valence-electron chi connectivity index (χ0n) is 8.30. The van der Waals surface area contributed by atoms with Gasteiger partial charge in [0.1, 0.15) is 0 Å². The molecule has 1 aliphatic rings. The number of halogens is 1. The average molecular weight is 203 g/mol. The first kappa shape index (κ1) is 11.0. The van der Waals surface area contributed by atoms with Crippen LogP contribution in [-0.4, -0.2) is 43.5 Å². The molecule has 13 heavy (non-hydrogen) atoms. The van der Waals surface area contributed by atoms with Crippen LogP contribution >= 0.6 is 11.6 Å². The quantitative estimate of drug-likeness (QED) is 0.549. The second kappa shape index (κ2) is 6.41. The van der Waals surface area contributed by atoms with E-state index in [9.17, 15) is 0 Å². The maximum Gasteiger partial charge on any atom is 0.0404 e. The molecule has 3 heteroatoms. The predicted octanol–water partition coefficient (Wildman–Crippen LogP) is 1.47. The van der Waals surface area contributed by atoms with E-state index in [0.717, 1.165) is 6.54 Å². The molecule has 1 N–H and O–H groups in total. The molecule has 1 aliphatic heterocycles. The molecular formula is C10H19ClN2. The maximum atomic E-state index is 5.52. The normalized spacial score (nSPS) is 21.4. The Balaban J connectivity index is 2.05. The summed E-state index contributed by atoms with van der Waals surface area (Å²) in [5.41, 5.74) is 0. The Morgan fingerprint density at radius 1 is 1.38 bits per heavy atom. The van der Waals surface area contributed by atoms with Crippen molar-refractivity contribution in [3.8, 4) is 0 Å². The van der Waals surface area contributed by atoms with Crippen LogP contribution in [0.3, 0.4) is 0 Å². The zero-order chi connectivity index (χ0) is 9.52. The third-order valence-electron chi connectivity index (χ3n) is 2.50. The highest BCUT2D eigenvalue weighted by atomic mass is 35.5. The SMILES string of the molecule is CN1CCC(NC/C=C/CCl)CC1. The van der Waals surface area contributed by atoms with E-state index in [0.29, 0.717) is 11.9 Å². The Kier molecular flexibility index (Phi) is 5.44. The molecule has 76 valence electrons. The minimum atomic E-state index is 0.620. The van der Waals surface area contributed by atoms with Gasteiger partial charge in [-0.3, -0.25) is 0 Å². The first-order chi connectivity index (χ1) is 6.33. The van der Waals surface area contributed by atoms with Gasteiger partial charge < -0.3 is 10.2 Å². The van der Waals surface area contributed by atoms with Crippen molar-refractivity contribution >= 4 is 11.6 Å². The molecule has 0 aromatic heterocycles. The van der Waals surface area contributed by atoms with E-state index in [1.807, 2.05) is 6.08 Å². The van der Waals surface area contributed by atoms with Crippen molar-refractivity contribution in [1.29, 1.82) is 0 Å². The van der Waals surface area contributed by atoms with Crippen LogP contribution in [-0.2, 0) is 0 Å². The first-order valence-electron chi connectivity index (χ1n) is 4.96. The highest BCUT2D eigenvalue weighted by molar-refractivity contribution is 6.18. The lowest BCUT2D eigenvalue weighted by Crippen LogP contribution is -2.40. The van der Waals surface area contributed by atoms with Crippen LogP contribution < -0.4 is 5.32 Å². The van der Waals surface area contributed by atoms with E-state index < -0.39 is 0 Å². The molecule has 0 radical (unpaired) electrons. The van der Waals surface area contributed by atoms with Crippen molar-refractivity contribution in [2.24, 2.45) is 0 Å². The molecule has 0 aromatic rings. The summed E-state index contributed by atoms with van der Waals surface area (Å²) >= 11 is 5.52. The number of likely N-dealkylation sites (tertiary alicyclic amines) is 1. The Morgan fingerprint density at radius 2 is 2.08 bits per heavy atom. The maximum absolute atomic E-state index is 5.52. The Labute approximate surface area is 85.9 Å². The minimum Gasteiger partial charge on any atom is -0.310 e. The lowest BCUT2D eigenvalue weighted by molar-refractivity contribution is 0.238. The van der Waals surface area contributed by atoms with Crippen LogP contribution in [0.4, 0.5) is 0 Å². The fourth-order valence-electron chi connectivity index (χ4n) is 1.59. The van der Waals surface area contributed by atoms with Gasteiger partial charge in [-0.05, 0) is 33.0 Å². The van der Waals surface area contributed by atoms with E-state index in [1.165, 1.54) is 25.9 Å². The predicted molar refractivity (Wildman–Crippen MR) is 58.4 cm³/mol. The van der Waals surface area contributed by atoms with Crippen LogP contribution in [0, 0.1) is 0 Å². The molecule has 0 aliphatic carbocycles. The molecule has 1 saturated heterocycles. The van der Waals surface area contributed by atoms with Gasteiger partial charge >= 0.3 is 0 Å². The number of hydrogen-bond donors (Lipinski definition) is 1. The van der Waals surface area contributed by atoms with Gasteiger partial charge in [-0.2, -0.15) is 0 Å². The van der Waals surface area contributed by atoms with E-state index in [4.69, 9.17) is 11.6 Å². The van der Waals surface area contributed by atoms with Crippen molar-refractivity contribution < 1.29 is 0 Å². The Bertz CT molecular complexity index is 151. The summed E-state index contributed by atoms with van der Waals surface area (Å²) in [7, 11) is 2.18. The molecule has 2 nitrogen and oxygen atoms in total. The molecule has 0 spiro atoms. The van der Waals surface area contributed by atoms with Crippen molar-refractivity contribution in [1.82, 2.24) is 10.2 Å². The summed E-state index contributed by atoms with van der Waals surface area (Å²) < 4.78 is 0. The monoisotopic (exact) mass is 202 g/mol. The summed E-state index contributed by atoms with van der Waals surface area (Å²) in [6, 6.07) is 0.705. The Hall–Kier alpha value is -0.0500. The van der Waals surface area contributed by atoms with Crippen LogP contribution in [0.5, 0.6) is 0 Å². The summed E-state index contributed by atoms with van der Waals surface area (Å²) in [4.78, 5) is 2.38. The third-order valence-corrected chi connectivity index (χ3v) is 2.68. The van der Waals surface area contributed by atoms with E-state index in [-0.39, 0.29) is 0 Å². The molecule has 0 unspecified atom stereocenters. The van der Waals surface area contributed by atoms with Crippen LogP contribution in [0.2, 0.25) is 0 Å². The number of nitrogens with one attached hydrogen (secondary N) is 1. The van der Waals surface area contributed by atoms with Gasteiger partial charge in [-0.15, -0.1) is 11.6 Å². The van der Waals surface area contributed by atoms with Gasteiger partial charge in [-0.25, -0.2) is 0 Å². The lowest BCUT2D eigenvalue weighted by Gasteiger charge is -2.29. The summed E-state index contributed by atoms with van der Waals surface area (Å²) in [6.45, 7) is 3.40. The van der Waals surface area contributed by atoms with Gasteiger partial charge in [0, 0.05) is 18.5 Å². The van der Waals surface area contributed by atoms with Crippen LogP contribution in [0.25, 0.3) is 0 Å². The van der Waals surface area contributed by atoms with E-state index in [2.05, 4.69) is 23.3 Å². The minimum absolute atomic E-state index is 0.620. The number of hydrogen-bond acceptors (Lipinski definition) is 2. The second-order valence-electron chi connectivity index (χ2n) is 3.61. The fourth-order valence-corrected chi connectivity index (χ4v) is 1.72. The van der Waals surface area contributed by atoms with Crippen molar-refractivity contribution in [3.05, 3.63) is 12.2 Å². The zero-order valence-corrected chi connectivity index (χ0v) is 9.06. The molecule has 1 rings (SSSR count). The van der Waals surface area contributed by atoms with E-state index >= 15 is 0 Å². The Morgan fingerprint density at radius 3 is 2.69 bits per heavy atom. The molecule has 0 atom stereocenters. The number of piperidine rings is 1. The first-order valence-corrected chi connectivity index (χ1v) is 5.49. The number of nitrogens with zero attached hydrogens (tertiary/aromatic N) is 1. The van der Waals surface area contributed by atoms with E-state index in [1.54, 1.807) is 0 Å². The number of allylic oxidation sites excluding steroid dienone is 1. The second-order valence-corrected chi connectivity index (χ2v) is 3.92. The molecule has 0 bridgehead atoms. The van der Waals surface area contributed by atoms with Crippen LogP contribution in [0.15, 0.2) is 12.2 Å². The van der Waals surface area contributed by atoms with Crippen molar-refractivity contribution in [2.75, 3.05) is 32.6 Å². The molecule has 0 amide bonds. The lowest BCUT2D eigenvalue weighted by atomic mass is 10.1. The summed E-state index contributed by atoms with van der Waals surface area (Å²) in [5.74, 6) is 0.620. The standard InChI is InChI=1S/C10H19ClN2/c1-13-8-4-10(5-9-13)12-7-3-2-6-11/h2-3,10,12H,4-9H2,1H3/b3-2+. The smallest absolute Gasteiger partial charge is 0.0404 e. The summed E-state index contributed by atoms with van der Waals surface area (Å²) in [5, 5.41) is 3.50. The summed E-state index contributed by atoms with van der Waals surface area (Å²) in [6.07, 6.45) is 6.63. The number of rotatable bonds is 4. The van der Waals surface area contributed by atoms with Crippen molar-refractivity contribution in [3.63, 3.8) is 0 Å². The van der Waals surface area contributed by atoms with Gasteiger partial charge in [0.15, 0.2) is 0 Å². The fraction of sp³-hybridized carbons (Fsp3) is 0.800. The van der Waals surface area contributed by atoms with Gasteiger partial charge in [0.2, 0.25) is 0 Å². The molecule has 0 aromatic carbocycles. The third kappa shape index (κ3) is 4.65. The van der Waals surface area contributed by atoms with Gasteiger partial charge in [0.05, 0.1) is 0 Å². The van der Waals surface area contributed by atoms with Crippen molar-refractivity contribution in [2.45, 2.75) is 18.9 Å².